The molecule has 4 amide bonds. The van der Waals surface area contributed by atoms with Crippen molar-refractivity contribution in [3.63, 3.8) is 0 Å². The number of urea groups is 1. The van der Waals surface area contributed by atoms with E-state index in [1.165, 1.54) is 0 Å². The highest BCUT2D eigenvalue weighted by molar-refractivity contribution is 6.08. The largest absolute Gasteiger partial charge is 0.497 e. The molecule has 178 valence electrons. The molecule has 1 fully saturated rings. The van der Waals surface area contributed by atoms with Gasteiger partial charge in [0.25, 0.3) is 11.8 Å². The molecule has 3 aromatic carbocycles. The second kappa shape index (κ2) is 8.20. The Labute approximate surface area is 206 Å². The lowest BCUT2D eigenvalue weighted by Gasteiger charge is -2.31. The van der Waals surface area contributed by atoms with E-state index in [1.54, 1.807) is 30.3 Å². The summed E-state index contributed by atoms with van der Waals surface area (Å²) in [7, 11) is 1.55. The number of hydrogen-bond donors (Lipinski definition) is 2. The van der Waals surface area contributed by atoms with Gasteiger partial charge in [-0.1, -0.05) is 42.5 Å². The average Bonchev–Trinajstić information content (AvgIpc) is 3.38. The zero-order chi connectivity index (χ0) is 24.9. The van der Waals surface area contributed by atoms with Crippen LogP contribution in [-0.2, 0) is 16.9 Å². The summed E-state index contributed by atoms with van der Waals surface area (Å²) in [5.41, 5.74) is 3.47. The number of carbonyl (C=O) groups excluding carboxylic acids is 3. The summed E-state index contributed by atoms with van der Waals surface area (Å²) in [5, 5.41) is 6.16. The number of amides is 4. The van der Waals surface area contributed by atoms with E-state index < -0.39 is 17.5 Å². The van der Waals surface area contributed by atoms with Crippen LogP contribution in [0.1, 0.15) is 21.5 Å². The number of imide groups is 1. The summed E-state index contributed by atoms with van der Waals surface area (Å²) in [6.07, 6.45) is 1.76. The van der Waals surface area contributed by atoms with Crippen LogP contribution in [0, 0.1) is 0 Å². The molecule has 0 spiro atoms. The minimum atomic E-state index is -1.40. The van der Waals surface area contributed by atoms with Crippen molar-refractivity contribution >= 4 is 28.7 Å². The van der Waals surface area contributed by atoms with Crippen molar-refractivity contribution in [2.45, 2.75) is 12.1 Å². The number of aromatic nitrogens is 1. The van der Waals surface area contributed by atoms with E-state index in [4.69, 9.17) is 4.74 Å². The number of pyridine rings is 1. The van der Waals surface area contributed by atoms with Crippen LogP contribution in [0.4, 0.5) is 4.79 Å². The summed E-state index contributed by atoms with van der Waals surface area (Å²) in [4.78, 5) is 44.5. The molecule has 0 aliphatic carbocycles. The number of ether oxygens (including phenoxy) is 1. The first-order valence-electron chi connectivity index (χ1n) is 11.5. The van der Waals surface area contributed by atoms with Crippen LogP contribution in [-0.4, -0.2) is 41.4 Å². The van der Waals surface area contributed by atoms with Crippen molar-refractivity contribution in [1.82, 2.24) is 20.5 Å². The second-order valence-electron chi connectivity index (χ2n) is 8.99. The molecule has 1 unspecified atom stereocenters. The zero-order valence-corrected chi connectivity index (χ0v) is 19.4. The lowest BCUT2D eigenvalue weighted by molar-refractivity contribution is -0.124. The van der Waals surface area contributed by atoms with Gasteiger partial charge in [0.1, 0.15) is 5.75 Å². The maximum atomic E-state index is 13.2. The maximum absolute atomic E-state index is 13.2. The molecule has 0 saturated carbocycles. The second-order valence-corrected chi connectivity index (χ2v) is 8.99. The molecule has 2 aliphatic rings. The monoisotopic (exact) mass is 478 g/mol. The fourth-order valence-electron chi connectivity index (χ4n) is 4.98. The number of hydrogen-bond acceptors (Lipinski definition) is 5. The molecular weight excluding hydrogens is 456 g/mol. The molecule has 8 nitrogen and oxygen atoms in total. The molecule has 4 aromatic rings. The standard InChI is InChI=1S/C28H22N4O4/c1-36-22-10-6-20-15-32(25(33)23(20)14-22)16-28(26(34)30-27(35)31-28)21-8-4-17(5-9-21)18-7-11-24-19(13-18)3-2-12-29-24/h2-14H,15-16H2,1H3,(H2,30,31,34,35). The van der Waals surface area contributed by atoms with Gasteiger partial charge < -0.3 is 15.0 Å². The Morgan fingerprint density at radius 1 is 0.972 bits per heavy atom. The maximum Gasteiger partial charge on any atom is 0.322 e. The molecule has 1 atom stereocenters. The quantitative estimate of drug-likeness (QED) is 0.427. The minimum absolute atomic E-state index is 0.00138. The lowest BCUT2D eigenvalue weighted by atomic mass is 9.88. The number of benzene rings is 3. The van der Waals surface area contributed by atoms with Crippen LogP contribution in [0.5, 0.6) is 5.75 Å². The molecule has 6 rings (SSSR count). The van der Waals surface area contributed by atoms with E-state index in [0.717, 1.165) is 27.6 Å². The first-order chi connectivity index (χ1) is 17.5. The number of nitrogens with one attached hydrogen (secondary N) is 2. The van der Waals surface area contributed by atoms with Crippen molar-refractivity contribution in [3.8, 4) is 16.9 Å². The fraction of sp³-hybridized carbons (Fsp3) is 0.143. The van der Waals surface area contributed by atoms with Gasteiger partial charge in [-0.25, -0.2) is 4.79 Å². The van der Waals surface area contributed by atoms with E-state index in [1.807, 2.05) is 54.6 Å². The van der Waals surface area contributed by atoms with E-state index in [2.05, 4.69) is 21.7 Å². The first-order valence-corrected chi connectivity index (χ1v) is 11.5. The van der Waals surface area contributed by atoms with E-state index >= 15 is 0 Å². The van der Waals surface area contributed by atoms with Crippen molar-refractivity contribution in [2.24, 2.45) is 0 Å². The van der Waals surface area contributed by atoms with Gasteiger partial charge in [-0.3, -0.25) is 19.9 Å². The fourth-order valence-corrected chi connectivity index (χ4v) is 4.98. The van der Waals surface area contributed by atoms with Crippen molar-refractivity contribution in [1.29, 1.82) is 0 Å². The Kier molecular flexibility index (Phi) is 4.96. The van der Waals surface area contributed by atoms with Crippen LogP contribution in [0.3, 0.4) is 0 Å². The van der Waals surface area contributed by atoms with Gasteiger partial charge in [-0.15, -0.1) is 0 Å². The Bertz CT molecular complexity index is 1550. The predicted molar refractivity (Wildman–Crippen MR) is 133 cm³/mol. The number of nitrogens with zero attached hydrogens (tertiary/aromatic N) is 2. The Hall–Kier alpha value is -4.72. The van der Waals surface area contributed by atoms with Crippen LogP contribution >= 0.6 is 0 Å². The molecule has 2 aliphatic heterocycles. The molecule has 0 radical (unpaired) electrons. The number of carbonyl (C=O) groups is 3. The highest BCUT2D eigenvalue weighted by Gasteiger charge is 2.50. The third kappa shape index (κ3) is 3.46. The van der Waals surface area contributed by atoms with Crippen LogP contribution in [0.2, 0.25) is 0 Å². The normalized spacial score (nSPS) is 18.8. The van der Waals surface area contributed by atoms with Crippen molar-refractivity contribution in [2.75, 3.05) is 13.7 Å². The molecule has 1 saturated heterocycles. The average molecular weight is 479 g/mol. The first kappa shape index (κ1) is 21.8. The topological polar surface area (TPSA) is 101 Å². The number of methoxy groups -OCH3 is 1. The molecule has 36 heavy (non-hydrogen) atoms. The summed E-state index contributed by atoms with van der Waals surface area (Å²) < 4.78 is 5.25. The predicted octanol–water partition coefficient (Wildman–Crippen LogP) is 3.60. The smallest absolute Gasteiger partial charge is 0.322 e. The Balaban J connectivity index is 1.33. The van der Waals surface area contributed by atoms with Gasteiger partial charge >= 0.3 is 6.03 Å². The van der Waals surface area contributed by atoms with Gasteiger partial charge in [-0.05, 0) is 52.6 Å². The van der Waals surface area contributed by atoms with Gasteiger partial charge in [0.15, 0.2) is 5.54 Å². The molecule has 2 N–H and O–H groups in total. The summed E-state index contributed by atoms with van der Waals surface area (Å²) in [6.45, 7) is 0.341. The summed E-state index contributed by atoms with van der Waals surface area (Å²) in [5.74, 6) is -0.109. The highest BCUT2D eigenvalue weighted by Crippen LogP contribution is 2.33. The van der Waals surface area contributed by atoms with E-state index in [-0.39, 0.29) is 12.5 Å². The van der Waals surface area contributed by atoms with E-state index in [0.29, 0.717) is 23.4 Å². The lowest BCUT2D eigenvalue weighted by Crippen LogP contribution is -2.52. The van der Waals surface area contributed by atoms with Gasteiger partial charge in [-0.2, -0.15) is 0 Å². The zero-order valence-electron chi connectivity index (χ0n) is 19.4. The molecular formula is C28H22N4O4. The summed E-state index contributed by atoms with van der Waals surface area (Å²) >= 11 is 0. The third-order valence-corrected chi connectivity index (χ3v) is 6.88. The molecule has 0 bridgehead atoms. The Morgan fingerprint density at radius 2 is 1.78 bits per heavy atom. The van der Waals surface area contributed by atoms with Gasteiger partial charge in [0, 0.05) is 23.7 Å². The number of fused-ring (bicyclic) bond motifs is 2. The van der Waals surface area contributed by atoms with Crippen LogP contribution in [0.15, 0.2) is 79.0 Å². The molecule has 3 heterocycles. The van der Waals surface area contributed by atoms with Crippen LogP contribution in [0.25, 0.3) is 22.0 Å². The van der Waals surface area contributed by atoms with Gasteiger partial charge in [0.05, 0.1) is 19.2 Å². The van der Waals surface area contributed by atoms with Gasteiger partial charge in [0.2, 0.25) is 0 Å². The number of rotatable bonds is 5. The van der Waals surface area contributed by atoms with Crippen molar-refractivity contribution in [3.05, 3.63) is 95.7 Å². The van der Waals surface area contributed by atoms with Crippen LogP contribution < -0.4 is 15.4 Å². The minimum Gasteiger partial charge on any atom is -0.497 e. The highest BCUT2D eigenvalue weighted by atomic mass is 16.5. The van der Waals surface area contributed by atoms with E-state index in [9.17, 15) is 14.4 Å². The third-order valence-electron chi connectivity index (χ3n) is 6.88. The molecule has 1 aromatic heterocycles. The summed E-state index contributed by atoms with van der Waals surface area (Å²) in [6, 6.07) is 22.2. The Morgan fingerprint density at radius 3 is 2.53 bits per heavy atom. The molecule has 8 heteroatoms. The SMILES string of the molecule is COc1ccc2c(c1)C(=O)N(CC1(c3ccc(-c4ccc5ncccc5c4)cc3)NC(=O)NC1=O)C2. The van der Waals surface area contributed by atoms with Crippen molar-refractivity contribution < 1.29 is 19.1 Å².